The lowest BCUT2D eigenvalue weighted by molar-refractivity contribution is 0.420. The Morgan fingerprint density at radius 1 is 1.00 bits per heavy atom. The van der Waals surface area contributed by atoms with Gasteiger partial charge < -0.3 is 5.11 Å². The summed E-state index contributed by atoms with van der Waals surface area (Å²) in [6.07, 6.45) is 3.89. The molecule has 1 aliphatic carbocycles. The van der Waals surface area contributed by atoms with Gasteiger partial charge in [0, 0.05) is 5.56 Å². The fraction of sp³-hybridized carbons (Fsp3) is 0.294. The van der Waals surface area contributed by atoms with Crippen LogP contribution in [0, 0.1) is 6.92 Å². The van der Waals surface area contributed by atoms with Crippen LogP contribution in [0.5, 0.6) is 5.75 Å². The molecule has 0 bridgehead atoms. The molecule has 1 heteroatoms. The first-order valence-electron chi connectivity index (χ1n) is 6.64. The third kappa shape index (κ3) is 1.90. The summed E-state index contributed by atoms with van der Waals surface area (Å²) in [6.45, 7) is 2.06. The van der Waals surface area contributed by atoms with Crippen molar-refractivity contribution in [3.63, 3.8) is 0 Å². The molecule has 0 radical (unpaired) electrons. The van der Waals surface area contributed by atoms with Crippen LogP contribution in [0.3, 0.4) is 0 Å². The molecule has 0 atom stereocenters. The van der Waals surface area contributed by atoms with Gasteiger partial charge in [-0.05, 0) is 48.9 Å². The van der Waals surface area contributed by atoms with Gasteiger partial charge in [0.1, 0.15) is 5.75 Å². The molecule has 0 saturated heterocycles. The van der Waals surface area contributed by atoms with Crippen molar-refractivity contribution in [1.29, 1.82) is 0 Å². The van der Waals surface area contributed by atoms with Crippen LogP contribution in [-0.2, 0) is 0 Å². The molecule has 2 aromatic carbocycles. The zero-order valence-electron chi connectivity index (χ0n) is 10.7. The zero-order valence-corrected chi connectivity index (χ0v) is 10.7. The summed E-state index contributed by atoms with van der Waals surface area (Å²) < 4.78 is 0. The van der Waals surface area contributed by atoms with Gasteiger partial charge in [-0.3, -0.25) is 0 Å². The van der Waals surface area contributed by atoms with Crippen molar-refractivity contribution in [2.75, 3.05) is 0 Å². The number of rotatable bonds is 2. The van der Waals surface area contributed by atoms with Gasteiger partial charge >= 0.3 is 0 Å². The molecular weight excluding hydrogens is 220 g/mol. The van der Waals surface area contributed by atoms with Crippen LogP contribution in [0.4, 0.5) is 0 Å². The van der Waals surface area contributed by atoms with E-state index in [1.807, 2.05) is 6.07 Å². The highest BCUT2D eigenvalue weighted by Gasteiger charge is 2.22. The maximum atomic E-state index is 10.1. The molecule has 0 aliphatic heterocycles. The van der Waals surface area contributed by atoms with E-state index in [0.29, 0.717) is 11.7 Å². The monoisotopic (exact) mass is 238 g/mol. The summed E-state index contributed by atoms with van der Waals surface area (Å²) in [5.74, 6) is 1.06. The van der Waals surface area contributed by atoms with Gasteiger partial charge in [-0.25, -0.2) is 0 Å². The molecule has 0 heterocycles. The van der Waals surface area contributed by atoms with Gasteiger partial charge in [0.25, 0.3) is 0 Å². The third-order valence-electron chi connectivity index (χ3n) is 3.95. The molecule has 1 aliphatic rings. The first-order chi connectivity index (χ1) is 8.75. The van der Waals surface area contributed by atoms with E-state index < -0.39 is 0 Å². The smallest absolute Gasteiger partial charge is 0.123 e. The molecule has 3 rings (SSSR count). The Labute approximate surface area is 108 Å². The Morgan fingerprint density at radius 3 is 2.50 bits per heavy atom. The van der Waals surface area contributed by atoms with Crippen molar-refractivity contribution in [2.45, 2.75) is 32.1 Å². The van der Waals surface area contributed by atoms with Crippen molar-refractivity contribution >= 4 is 0 Å². The number of aromatic hydroxyl groups is 1. The highest BCUT2D eigenvalue weighted by molar-refractivity contribution is 5.74. The first-order valence-corrected chi connectivity index (χ1v) is 6.64. The van der Waals surface area contributed by atoms with Gasteiger partial charge in [0.2, 0.25) is 0 Å². The summed E-state index contributed by atoms with van der Waals surface area (Å²) in [6, 6.07) is 14.3. The number of hydrogen-bond donors (Lipinski definition) is 1. The van der Waals surface area contributed by atoms with Crippen LogP contribution in [0.15, 0.2) is 42.5 Å². The van der Waals surface area contributed by atoms with E-state index in [1.165, 1.54) is 36.0 Å². The predicted molar refractivity (Wildman–Crippen MR) is 74.9 cm³/mol. The standard InChI is InChI=1S/C17H18O/c1-12-9-10-17(18)16(11-12)15-8-3-2-7-14(15)13-5-4-6-13/h2-3,7-11,13,18H,4-6H2,1H3. The van der Waals surface area contributed by atoms with E-state index >= 15 is 0 Å². The Bertz CT molecular complexity index is 568. The number of benzene rings is 2. The van der Waals surface area contributed by atoms with Crippen molar-refractivity contribution in [3.05, 3.63) is 53.6 Å². The highest BCUT2D eigenvalue weighted by atomic mass is 16.3. The van der Waals surface area contributed by atoms with E-state index in [-0.39, 0.29) is 0 Å². The molecule has 0 unspecified atom stereocenters. The molecule has 1 fully saturated rings. The van der Waals surface area contributed by atoms with E-state index in [1.54, 1.807) is 6.07 Å². The number of aryl methyl sites for hydroxylation is 1. The van der Waals surface area contributed by atoms with Gasteiger partial charge in [-0.2, -0.15) is 0 Å². The summed E-state index contributed by atoms with van der Waals surface area (Å²) in [5.41, 5.74) is 4.75. The van der Waals surface area contributed by atoms with Crippen LogP contribution in [-0.4, -0.2) is 5.11 Å². The minimum absolute atomic E-state index is 0.382. The van der Waals surface area contributed by atoms with E-state index in [2.05, 4.69) is 37.3 Å². The molecule has 0 amide bonds. The second-order valence-electron chi connectivity index (χ2n) is 5.24. The molecule has 0 spiro atoms. The maximum absolute atomic E-state index is 10.1. The van der Waals surface area contributed by atoms with Gasteiger partial charge in [-0.1, -0.05) is 42.3 Å². The lowest BCUT2D eigenvalue weighted by Gasteiger charge is -2.28. The Balaban J connectivity index is 2.13. The summed E-state index contributed by atoms with van der Waals surface area (Å²) in [7, 11) is 0. The molecular formula is C17H18O. The van der Waals surface area contributed by atoms with Crippen molar-refractivity contribution < 1.29 is 5.11 Å². The minimum atomic E-state index is 0.382. The topological polar surface area (TPSA) is 20.2 Å². The fourth-order valence-electron chi connectivity index (χ4n) is 2.68. The minimum Gasteiger partial charge on any atom is -0.507 e. The van der Waals surface area contributed by atoms with Gasteiger partial charge in [-0.15, -0.1) is 0 Å². The van der Waals surface area contributed by atoms with Gasteiger partial charge in [0.15, 0.2) is 0 Å². The fourth-order valence-corrected chi connectivity index (χ4v) is 2.68. The lowest BCUT2D eigenvalue weighted by atomic mass is 9.77. The molecule has 1 nitrogen and oxygen atoms in total. The highest BCUT2D eigenvalue weighted by Crippen LogP contribution is 2.42. The second-order valence-corrected chi connectivity index (χ2v) is 5.24. The number of phenolic OH excluding ortho intramolecular Hbond substituents is 1. The summed E-state index contributed by atoms with van der Waals surface area (Å²) >= 11 is 0. The first kappa shape index (κ1) is 11.3. The summed E-state index contributed by atoms with van der Waals surface area (Å²) in [4.78, 5) is 0. The predicted octanol–water partition coefficient (Wildman–Crippen LogP) is 4.64. The molecule has 18 heavy (non-hydrogen) atoms. The zero-order chi connectivity index (χ0) is 12.5. The van der Waals surface area contributed by atoms with Gasteiger partial charge in [0.05, 0.1) is 0 Å². The SMILES string of the molecule is Cc1ccc(O)c(-c2ccccc2C2CCC2)c1. The average molecular weight is 238 g/mol. The number of phenols is 1. The third-order valence-corrected chi connectivity index (χ3v) is 3.95. The van der Waals surface area contributed by atoms with Crippen molar-refractivity contribution in [2.24, 2.45) is 0 Å². The second kappa shape index (κ2) is 4.49. The molecule has 1 saturated carbocycles. The van der Waals surface area contributed by atoms with Crippen molar-refractivity contribution in [3.8, 4) is 16.9 Å². The van der Waals surface area contributed by atoms with Crippen LogP contribution < -0.4 is 0 Å². The lowest BCUT2D eigenvalue weighted by Crippen LogP contribution is -2.09. The maximum Gasteiger partial charge on any atom is 0.123 e. The van der Waals surface area contributed by atoms with E-state index in [0.717, 1.165) is 5.56 Å². The van der Waals surface area contributed by atoms with Crippen LogP contribution in [0.25, 0.3) is 11.1 Å². The van der Waals surface area contributed by atoms with E-state index in [4.69, 9.17) is 0 Å². The Kier molecular flexibility index (Phi) is 2.83. The number of hydrogen-bond acceptors (Lipinski definition) is 1. The quantitative estimate of drug-likeness (QED) is 0.808. The molecule has 0 aromatic heterocycles. The van der Waals surface area contributed by atoms with E-state index in [9.17, 15) is 5.11 Å². The Hall–Kier alpha value is -1.76. The molecule has 1 N–H and O–H groups in total. The molecule has 92 valence electrons. The largest absolute Gasteiger partial charge is 0.507 e. The molecule has 2 aromatic rings. The van der Waals surface area contributed by atoms with Crippen LogP contribution in [0.2, 0.25) is 0 Å². The summed E-state index contributed by atoms with van der Waals surface area (Å²) in [5, 5.41) is 10.1. The van der Waals surface area contributed by atoms with Crippen molar-refractivity contribution in [1.82, 2.24) is 0 Å². The normalized spacial score (nSPS) is 15.4. The Morgan fingerprint density at radius 2 is 1.78 bits per heavy atom. The van der Waals surface area contributed by atoms with Crippen LogP contribution in [0.1, 0.15) is 36.3 Å². The average Bonchev–Trinajstić information content (AvgIpc) is 2.31. The van der Waals surface area contributed by atoms with Crippen LogP contribution >= 0.6 is 0 Å².